The van der Waals surface area contributed by atoms with Crippen LogP contribution >= 0.6 is 22.7 Å². The van der Waals surface area contributed by atoms with E-state index in [0.29, 0.717) is 30.0 Å². The number of sulfonamides is 1. The van der Waals surface area contributed by atoms with Gasteiger partial charge in [0.2, 0.25) is 15.9 Å². The zero-order valence-corrected chi connectivity index (χ0v) is 24.1. The molecule has 1 aromatic carbocycles. The van der Waals surface area contributed by atoms with Gasteiger partial charge < -0.3 is 9.32 Å². The minimum absolute atomic E-state index is 0.0487. The van der Waals surface area contributed by atoms with Gasteiger partial charge in [-0.1, -0.05) is 27.7 Å². The lowest BCUT2D eigenvalue weighted by atomic mass is 10.1. The van der Waals surface area contributed by atoms with E-state index in [4.69, 9.17) is 9.40 Å². The molecule has 3 heterocycles. The molecule has 1 amide bonds. The summed E-state index contributed by atoms with van der Waals surface area (Å²) in [6.07, 6.45) is 3.16. The molecule has 0 saturated carbocycles. The van der Waals surface area contributed by atoms with Gasteiger partial charge in [-0.3, -0.25) is 9.78 Å². The zero-order chi connectivity index (χ0) is 26.7. The normalized spacial score (nSPS) is 13.2. The Morgan fingerprint density at radius 1 is 1.08 bits per heavy atom. The SMILES string of the molecule is CC(C)CN(Cc1csc(C(C)C)n1)C(=O)[C@H](C)N(Cc1cncs1)S(=O)(=O)c1ccc2occc2c1. The molecule has 0 aliphatic rings. The molecule has 4 rings (SSSR count). The molecule has 0 saturated heterocycles. The second kappa shape index (κ2) is 11.4. The van der Waals surface area contributed by atoms with Gasteiger partial charge in [0.1, 0.15) is 11.6 Å². The lowest BCUT2D eigenvalue weighted by Crippen LogP contribution is -2.49. The van der Waals surface area contributed by atoms with Crippen LogP contribution in [0.3, 0.4) is 0 Å². The molecular weight excluding hydrogens is 529 g/mol. The first-order valence-electron chi connectivity index (χ1n) is 12.2. The summed E-state index contributed by atoms with van der Waals surface area (Å²) in [5.74, 6) is 0.249. The predicted octanol–water partition coefficient (Wildman–Crippen LogP) is 5.73. The van der Waals surface area contributed by atoms with Crippen molar-refractivity contribution in [2.45, 2.75) is 64.6 Å². The molecular formula is C26H32N4O4S3. The van der Waals surface area contributed by atoms with Gasteiger partial charge in [0, 0.05) is 34.3 Å². The summed E-state index contributed by atoms with van der Waals surface area (Å²) in [6, 6.07) is 5.53. The highest BCUT2D eigenvalue weighted by molar-refractivity contribution is 7.89. The van der Waals surface area contributed by atoms with Crippen molar-refractivity contribution in [1.82, 2.24) is 19.2 Å². The highest BCUT2D eigenvalue weighted by Gasteiger charge is 2.36. The molecule has 0 fully saturated rings. The van der Waals surface area contributed by atoms with Crippen LogP contribution in [0.5, 0.6) is 0 Å². The third-order valence-corrected chi connectivity index (χ3v) is 9.80. The van der Waals surface area contributed by atoms with E-state index < -0.39 is 16.1 Å². The van der Waals surface area contributed by atoms with Crippen LogP contribution in [0.15, 0.2) is 56.9 Å². The molecule has 3 aromatic heterocycles. The van der Waals surface area contributed by atoms with E-state index in [9.17, 15) is 13.2 Å². The summed E-state index contributed by atoms with van der Waals surface area (Å²) in [5, 5.41) is 3.68. The van der Waals surface area contributed by atoms with Gasteiger partial charge in [-0.25, -0.2) is 13.4 Å². The monoisotopic (exact) mass is 560 g/mol. The Bertz CT molecular complexity index is 1440. The number of aromatic nitrogens is 2. The average Bonchev–Trinajstić information content (AvgIpc) is 3.62. The van der Waals surface area contributed by atoms with Crippen molar-refractivity contribution in [3.8, 4) is 0 Å². The molecule has 0 unspecified atom stereocenters. The van der Waals surface area contributed by atoms with Crippen LogP contribution in [0, 0.1) is 5.92 Å². The molecule has 0 aliphatic heterocycles. The van der Waals surface area contributed by atoms with E-state index in [0.717, 1.165) is 15.6 Å². The highest BCUT2D eigenvalue weighted by Crippen LogP contribution is 2.27. The molecule has 0 radical (unpaired) electrons. The maximum atomic E-state index is 13.9. The summed E-state index contributed by atoms with van der Waals surface area (Å²) in [4.78, 5) is 25.3. The average molecular weight is 561 g/mol. The Kier molecular flexibility index (Phi) is 8.47. The van der Waals surface area contributed by atoms with Crippen molar-refractivity contribution in [3.63, 3.8) is 0 Å². The first-order valence-corrected chi connectivity index (χ1v) is 15.4. The number of nitrogens with zero attached hydrogens (tertiary/aromatic N) is 4. The summed E-state index contributed by atoms with van der Waals surface area (Å²) in [7, 11) is -4.02. The van der Waals surface area contributed by atoms with Crippen LogP contribution < -0.4 is 0 Å². The number of amides is 1. The van der Waals surface area contributed by atoms with Gasteiger partial charge in [0.15, 0.2) is 0 Å². The van der Waals surface area contributed by atoms with E-state index in [1.165, 1.54) is 28.0 Å². The number of benzene rings is 1. The second-order valence-electron chi connectivity index (χ2n) is 9.76. The first-order chi connectivity index (χ1) is 17.6. The fourth-order valence-electron chi connectivity index (χ4n) is 4.06. The quantitative estimate of drug-likeness (QED) is 0.232. The summed E-state index contributed by atoms with van der Waals surface area (Å²) in [6.45, 7) is 10.8. The molecule has 0 spiro atoms. The van der Waals surface area contributed by atoms with Crippen molar-refractivity contribution >= 4 is 49.6 Å². The number of hydrogen-bond acceptors (Lipinski definition) is 8. The van der Waals surface area contributed by atoms with Crippen LogP contribution in [-0.2, 0) is 27.9 Å². The number of carbonyl (C=O) groups is 1. The number of carbonyl (C=O) groups excluding carboxylic acids is 1. The molecule has 0 N–H and O–H groups in total. The van der Waals surface area contributed by atoms with E-state index in [2.05, 4.69) is 18.8 Å². The van der Waals surface area contributed by atoms with Crippen molar-refractivity contribution in [2.75, 3.05) is 6.54 Å². The van der Waals surface area contributed by atoms with Crippen molar-refractivity contribution in [3.05, 3.63) is 63.2 Å². The summed E-state index contributed by atoms with van der Waals surface area (Å²) >= 11 is 2.94. The van der Waals surface area contributed by atoms with E-state index >= 15 is 0 Å². The van der Waals surface area contributed by atoms with Gasteiger partial charge in [-0.2, -0.15) is 4.31 Å². The minimum atomic E-state index is -4.02. The molecule has 1 atom stereocenters. The smallest absolute Gasteiger partial charge is 0.244 e. The van der Waals surface area contributed by atoms with Crippen LogP contribution in [-0.4, -0.2) is 46.1 Å². The minimum Gasteiger partial charge on any atom is -0.464 e. The Morgan fingerprint density at radius 3 is 2.51 bits per heavy atom. The first kappa shape index (κ1) is 27.4. The fraction of sp³-hybridized carbons (Fsp3) is 0.423. The molecule has 0 aliphatic carbocycles. The Morgan fingerprint density at radius 2 is 1.86 bits per heavy atom. The van der Waals surface area contributed by atoms with Crippen LogP contribution in [0.1, 0.15) is 56.1 Å². The maximum absolute atomic E-state index is 13.9. The third-order valence-electron chi connectivity index (χ3n) is 5.93. The highest BCUT2D eigenvalue weighted by atomic mass is 32.2. The third kappa shape index (κ3) is 6.28. The molecule has 37 heavy (non-hydrogen) atoms. The number of rotatable bonds is 11. The van der Waals surface area contributed by atoms with Gasteiger partial charge in [-0.15, -0.1) is 22.7 Å². The second-order valence-corrected chi connectivity index (χ2v) is 13.5. The van der Waals surface area contributed by atoms with E-state index in [1.807, 2.05) is 19.2 Å². The molecule has 4 aromatic rings. The summed E-state index contributed by atoms with van der Waals surface area (Å²) in [5.41, 5.74) is 3.07. The molecule has 0 bridgehead atoms. The number of hydrogen-bond donors (Lipinski definition) is 0. The van der Waals surface area contributed by atoms with Gasteiger partial charge in [-0.05, 0) is 37.1 Å². The van der Waals surface area contributed by atoms with Crippen LogP contribution in [0.4, 0.5) is 0 Å². The summed E-state index contributed by atoms with van der Waals surface area (Å²) < 4.78 is 34.6. The van der Waals surface area contributed by atoms with Crippen molar-refractivity contribution < 1.29 is 17.6 Å². The number of fused-ring (bicyclic) bond motifs is 1. The molecule has 198 valence electrons. The Labute approximate surface area is 226 Å². The molecule has 8 nitrogen and oxygen atoms in total. The zero-order valence-electron chi connectivity index (χ0n) is 21.6. The predicted molar refractivity (Wildman–Crippen MR) is 147 cm³/mol. The lowest BCUT2D eigenvalue weighted by Gasteiger charge is -2.32. The van der Waals surface area contributed by atoms with Crippen molar-refractivity contribution in [1.29, 1.82) is 0 Å². The van der Waals surface area contributed by atoms with Crippen molar-refractivity contribution in [2.24, 2.45) is 5.92 Å². The van der Waals surface area contributed by atoms with Crippen LogP contribution in [0.25, 0.3) is 11.0 Å². The Balaban J connectivity index is 1.67. The van der Waals surface area contributed by atoms with Crippen LogP contribution in [0.2, 0.25) is 0 Å². The fourth-order valence-corrected chi connectivity index (χ4v) is 7.16. The molecule has 11 heteroatoms. The van der Waals surface area contributed by atoms with E-state index in [-0.39, 0.29) is 23.3 Å². The van der Waals surface area contributed by atoms with Gasteiger partial charge in [0.25, 0.3) is 0 Å². The van der Waals surface area contributed by atoms with E-state index in [1.54, 1.807) is 53.1 Å². The largest absolute Gasteiger partial charge is 0.464 e. The maximum Gasteiger partial charge on any atom is 0.244 e. The number of thiazole rings is 2. The lowest BCUT2D eigenvalue weighted by molar-refractivity contribution is -0.136. The Hall–Kier alpha value is -2.60. The number of furan rings is 1. The van der Waals surface area contributed by atoms with Gasteiger partial charge in [0.05, 0.1) is 40.5 Å². The van der Waals surface area contributed by atoms with Gasteiger partial charge >= 0.3 is 0 Å². The standard InChI is InChI=1S/C26H32N4O4S3/c1-17(2)12-29(13-21-15-35-25(28-21)18(3)4)26(31)19(5)30(14-22-11-27-16-36-22)37(32,33)23-6-7-24-20(10-23)8-9-34-24/h6-11,15-19H,12-14H2,1-5H3/t19-/m0/s1. The topological polar surface area (TPSA) is 96.6 Å².